The molecule has 1 heterocycles. The molecule has 1 aliphatic heterocycles. The van der Waals surface area contributed by atoms with Crippen LogP contribution < -0.4 is 11.1 Å². The molecule has 2 rings (SSSR count). The Kier molecular flexibility index (Phi) is 3.56. The van der Waals surface area contributed by atoms with Gasteiger partial charge in [-0.05, 0) is 32.1 Å². The number of nitrogens with zero attached hydrogens (tertiary/aromatic N) is 1. The largest absolute Gasteiger partial charge is 0.392 e. The zero-order valence-electron chi connectivity index (χ0n) is 10.6. The van der Waals surface area contributed by atoms with Crippen molar-refractivity contribution < 1.29 is 9.59 Å². The number of carbonyl (C=O) groups excluding carboxylic acids is 2. The minimum Gasteiger partial charge on any atom is -0.392 e. The van der Waals surface area contributed by atoms with Gasteiger partial charge < -0.3 is 16.0 Å². The van der Waals surface area contributed by atoms with E-state index in [0.29, 0.717) is 6.54 Å². The number of likely N-dealkylation sites (tertiary alicyclic amines) is 1. The van der Waals surface area contributed by atoms with Crippen molar-refractivity contribution >= 4 is 29.0 Å². The van der Waals surface area contributed by atoms with Crippen LogP contribution in [-0.2, 0) is 9.59 Å². The first-order valence-corrected chi connectivity index (χ1v) is 6.76. The zero-order valence-corrected chi connectivity index (χ0v) is 11.4. The maximum Gasteiger partial charge on any atom is 0.242 e. The molecule has 3 N–H and O–H groups in total. The second-order valence-corrected chi connectivity index (χ2v) is 5.51. The Morgan fingerprint density at radius 1 is 1.39 bits per heavy atom. The number of nitrogens with two attached hydrogens (primary N) is 1. The highest BCUT2D eigenvalue weighted by molar-refractivity contribution is 7.80. The van der Waals surface area contributed by atoms with Gasteiger partial charge in [-0.1, -0.05) is 12.2 Å². The fourth-order valence-corrected chi connectivity index (χ4v) is 2.87. The summed E-state index contributed by atoms with van der Waals surface area (Å²) < 4.78 is 0. The van der Waals surface area contributed by atoms with Crippen LogP contribution in [0.4, 0.5) is 0 Å². The van der Waals surface area contributed by atoms with Crippen LogP contribution in [0, 0.1) is 5.41 Å². The molecule has 1 saturated carbocycles. The molecule has 2 aliphatic rings. The molecule has 5 nitrogen and oxygen atoms in total. The Hall–Kier alpha value is -1.17. The number of hydrogen-bond donors (Lipinski definition) is 2. The Morgan fingerprint density at radius 3 is 2.56 bits per heavy atom. The van der Waals surface area contributed by atoms with E-state index in [1.54, 1.807) is 11.9 Å². The van der Waals surface area contributed by atoms with Gasteiger partial charge in [0.2, 0.25) is 11.8 Å². The molecule has 1 aliphatic carbocycles. The summed E-state index contributed by atoms with van der Waals surface area (Å²) in [5.41, 5.74) is 5.02. The van der Waals surface area contributed by atoms with Crippen molar-refractivity contribution in [3.63, 3.8) is 0 Å². The molecule has 18 heavy (non-hydrogen) atoms. The summed E-state index contributed by atoms with van der Waals surface area (Å²) in [6, 6.07) is -0.358. The first kappa shape index (κ1) is 13.3. The highest BCUT2D eigenvalue weighted by Gasteiger charge is 2.55. The van der Waals surface area contributed by atoms with Gasteiger partial charge in [0, 0.05) is 13.6 Å². The van der Waals surface area contributed by atoms with Gasteiger partial charge >= 0.3 is 0 Å². The van der Waals surface area contributed by atoms with Gasteiger partial charge in [-0.3, -0.25) is 9.59 Å². The molecule has 1 unspecified atom stereocenters. The molecular formula is C12H19N3O2S. The molecular weight excluding hydrogens is 250 g/mol. The van der Waals surface area contributed by atoms with E-state index in [2.05, 4.69) is 5.32 Å². The predicted molar refractivity (Wildman–Crippen MR) is 71.9 cm³/mol. The lowest BCUT2D eigenvalue weighted by atomic mass is 9.97. The molecule has 6 heteroatoms. The second-order valence-electron chi connectivity index (χ2n) is 5.07. The fourth-order valence-electron chi connectivity index (χ4n) is 2.58. The van der Waals surface area contributed by atoms with Crippen LogP contribution >= 0.6 is 12.2 Å². The number of amides is 2. The van der Waals surface area contributed by atoms with Crippen LogP contribution in [0.25, 0.3) is 0 Å². The normalized spacial score (nSPS) is 25.4. The Bertz CT molecular complexity index is 393. The van der Waals surface area contributed by atoms with E-state index >= 15 is 0 Å². The molecule has 0 radical (unpaired) electrons. The second kappa shape index (κ2) is 4.84. The summed E-state index contributed by atoms with van der Waals surface area (Å²) in [6.45, 7) is 0.626. The molecule has 0 aromatic heterocycles. The molecule has 0 spiro atoms. The molecule has 2 amide bonds. The van der Waals surface area contributed by atoms with Gasteiger partial charge in [0.05, 0.1) is 10.4 Å². The lowest BCUT2D eigenvalue weighted by Gasteiger charge is -2.36. The molecule has 2 fully saturated rings. The van der Waals surface area contributed by atoms with Crippen LogP contribution in [0.5, 0.6) is 0 Å². The van der Waals surface area contributed by atoms with E-state index in [0.717, 1.165) is 32.1 Å². The average Bonchev–Trinajstić information content (AvgIpc) is 3.18. The number of carbonyl (C=O) groups is 2. The lowest BCUT2D eigenvalue weighted by Crippen LogP contribution is -2.54. The maximum absolute atomic E-state index is 12.5. The first-order chi connectivity index (χ1) is 8.53. The van der Waals surface area contributed by atoms with E-state index in [1.807, 2.05) is 0 Å². The van der Waals surface area contributed by atoms with E-state index in [4.69, 9.17) is 18.0 Å². The van der Waals surface area contributed by atoms with Crippen molar-refractivity contribution in [2.45, 2.75) is 38.1 Å². The first-order valence-electron chi connectivity index (χ1n) is 6.35. The van der Waals surface area contributed by atoms with Gasteiger partial charge in [0.15, 0.2) is 0 Å². The quantitative estimate of drug-likeness (QED) is 0.717. The van der Waals surface area contributed by atoms with Crippen molar-refractivity contribution in [2.75, 3.05) is 13.6 Å². The Balaban J connectivity index is 2.17. The van der Waals surface area contributed by atoms with Gasteiger partial charge in [-0.2, -0.15) is 0 Å². The van der Waals surface area contributed by atoms with Crippen molar-refractivity contribution in [3.05, 3.63) is 0 Å². The van der Waals surface area contributed by atoms with Gasteiger partial charge in [0.25, 0.3) is 0 Å². The number of thiocarbonyl (C=S) groups is 1. The molecule has 1 saturated heterocycles. The summed E-state index contributed by atoms with van der Waals surface area (Å²) in [4.78, 5) is 26.3. The summed E-state index contributed by atoms with van der Waals surface area (Å²) in [6.07, 6.45) is 4.07. The van der Waals surface area contributed by atoms with Gasteiger partial charge in [0.1, 0.15) is 6.04 Å². The molecule has 1 atom stereocenters. The lowest BCUT2D eigenvalue weighted by molar-refractivity contribution is -0.144. The number of likely N-dealkylation sites (N-methyl/N-ethyl adjacent to an activating group) is 1. The SMILES string of the molecule is CNC(=O)C1CCCCN1C(=O)C1(C(N)=S)CC1. The topological polar surface area (TPSA) is 75.4 Å². The van der Waals surface area contributed by atoms with Crippen molar-refractivity contribution in [1.29, 1.82) is 0 Å². The van der Waals surface area contributed by atoms with E-state index in [-0.39, 0.29) is 22.8 Å². The third-order valence-corrected chi connectivity index (χ3v) is 4.33. The number of piperidine rings is 1. The highest BCUT2D eigenvalue weighted by atomic mass is 32.1. The van der Waals surface area contributed by atoms with Crippen molar-refractivity contribution in [1.82, 2.24) is 10.2 Å². The van der Waals surface area contributed by atoms with Crippen LogP contribution in [0.2, 0.25) is 0 Å². The van der Waals surface area contributed by atoms with Gasteiger partial charge in [-0.15, -0.1) is 0 Å². The average molecular weight is 269 g/mol. The summed E-state index contributed by atoms with van der Waals surface area (Å²) in [5, 5.41) is 2.62. The summed E-state index contributed by atoms with van der Waals surface area (Å²) in [5.74, 6) is -0.148. The monoisotopic (exact) mass is 269 g/mol. The smallest absolute Gasteiger partial charge is 0.242 e. The molecule has 0 bridgehead atoms. The number of rotatable bonds is 3. The minimum absolute atomic E-state index is 0.0525. The minimum atomic E-state index is -0.654. The highest BCUT2D eigenvalue weighted by Crippen LogP contribution is 2.48. The van der Waals surface area contributed by atoms with Crippen molar-refractivity contribution in [3.8, 4) is 0 Å². The number of nitrogens with one attached hydrogen (secondary N) is 1. The number of hydrogen-bond acceptors (Lipinski definition) is 3. The zero-order chi connectivity index (χ0) is 13.3. The standard InChI is InChI=1S/C12H19N3O2S/c1-14-9(16)8-4-2-3-7-15(8)11(17)12(5-6-12)10(13)18/h8H,2-7H2,1H3,(H2,13,18)(H,14,16). The van der Waals surface area contributed by atoms with Gasteiger partial charge in [-0.25, -0.2) is 0 Å². The van der Waals surface area contributed by atoms with Crippen LogP contribution in [0.15, 0.2) is 0 Å². The summed E-state index contributed by atoms with van der Waals surface area (Å²) >= 11 is 5.00. The van der Waals surface area contributed by atoms with Crippen LogP contribution in [-0.4, -0.2) is 41.3 Å². The van der Waals surface area contributed by atoms with Crippen LogP contribution in [0.3, 0.4) is 0 Å². The van der Waals surface area contributed by atoms with E-state index < -0.39 is 5.41 Å². The molecule has 0 aromatic rings. The van der Waals surface area contributed by atoms with E-state index in [1.165, 1.54) is 0 Å². The molecule has 0 aromatic carbocycles. The van der Waals surface area contributed by atoms with Crippen molar-refractivity contribution in [2.24, 2.45) is 11.1 Å². The Labute approximate surface area is 112 Å². The third kappa shape index (κ3) is 2.09. The summed E-state index contributed by atoms with van der Waals surface area (Å²) in [7, 11) is 1.60. The maximum atomic E-state index is 12.5. The molecule has 100 valence electrons. The van der Waals surface area contributed by atoms with Crippen LogP contribution in [0.1, 0.15) is 32.1 Å². The third-order valence-electron chi connectivity index (χ3n) is 3.94. The van der Waals surface area contributed by atoms with E-state index in [9.17, 15) is 9.59 Å². The Morgan fingerprint density at radius 2 is 2.06 bits per heavy atom. The fraction of sp³-hybridized carbons (Fsp3) is 0.750. The predicted octanol–water partition coefficient (Wildman–Crippen LogP) is 0.180.